The first-order valence-corrected chi connectivity index (χ1v) is 7.83. The molecule has 0 aromatic heterocycles. The van der Waals surface area contributed by atoms with E-state index in [0.717, 1.165) is 12.1 Å². The van der Waals surface area contributed by atoms with Gasteiger partial charge >= 0.3 is 0 Å². The molecule has 3 nitrogen and oxygen atoms in total. The summed E-state index contributed by atoms with van der Waals surface area (Å²) in [5, 5.41) is 0. The molecule has 2 atom stereocenters. The number of nitrogens with zero attached hydrogens (tertiary/aromatic N) is 1. The van der Waals surface area contributed by atoms with Crippen molar-refractivity contribution in [2.45, 2.75) is 50.0 Å². The van der Waals surface area contributed by atoms with Crippen molar-refractivity contribution in [1.29, 1.82) is 0 Å². The zero-order chi connectivity index (χ0) is 14.9. The van der Waals surface area contributed by atoms with E-state index in [-0.39, 0.29) is 11.9 Å². The lowest BCUT2D eigenvalue weighted by molar-refractivity contribution is -0.222. The molecule has 0 radical (unpaired) electrons. The summed E-state index contributed by atoms with van der Waals surface area (Å²) in [6.07, 6.45) is 6.52. The Hall–Kier alpha value is -0.970. The van der Waals surface area contributed by atoms with Crippen LogP contribution in [0.3, 0.4) is 0 Å². The molecule has 2 fully saturated rings. The molecular formula is C17H24FNO2. The van der Waals surface area contributed by atoms with Crippen molar-refractivity contribution in [2.75, 3.05) is 20.8 Å². The SMILES string of the molecule is COC(OC)(c1ccc(F)cc1)C1CN1C1CCCCC1. The van der Waals surface area contributed by atoms with Crippen LogP contribution in [0.1, 0.15) is 37.7 Å². The van der Waals surface area contributed by atoms with Gasteiger partial charge in [-0.3, -0.25) is 4.90 Å². The van der Waals surface area contributed by atoms with E-state index in [0.29, 0.717) is 6.04 Å². The highest BCUT2D eigenvalue weighted by molar-refractivity contribution is 5.26. The van der Waals surface area contributed by atoms with E-state index in [1.807, 2.05) is 0 Å². The minimum atomic E-state index is -0.787. The Morgan fingerprint density at radius 2 is 1.67 bits per heavy atom. The Morgan fingerprint density at radius 3 is 2.24 bits per heavy atom. The highest BCUT2D eigenvalue weighted by Gasteiger charge is 2.55. The van der Waals surface area contributed by atoms with Crippen molar-refractivity contribution in [3.8, 4) is 0 Å². The molecule has 21 heavy (non-hydrogen) atoms. The van der Waals surface area contributed by atoms with Gasteiger partial charge in [0.05, 0.1) is 6.04 Å². The molecule has 116 valence electrons. The smallest absolute Gasteiger partial charge is 0.211 e. The Bertz CT molecular complexity index is 466. The molecule has 2 unspecified atom stereocenters. The van der Waals surface area contributed by atoms with Gasteiger partial charge in [-0.15, -0.1) is 0 Å². The molecule has 0 spiro atoms. The summed E-state index contributed by atoms with van der Waals surface area (Å²) in [6.45, 7) is 0.990. The molecule has 1 aliphatic carbocycles. The van der Waals surface area contributed by atoms with E-state index in [2.05, 4.69) is 4.90 Å². The quantitative estimate of drug-likeness (QED) is 0.614. The second-order valence-corrected chi connectivity index (χ2v) is 6.09. The molecular weight excluding hydrogens is 269 g/mol. The maximum atomic E-state index is 13.2. The van der Waals surface area contributed by atoms with E-state index in [4.69, 9.17) is 9.47 Å². The first-order valence-electron chi connectivity index (χ1n) is 7.83. The van der Waals surface area contributed by atoms with E-state index >= 15 is 0 Å². The summed E-state index contributed by atoms with van der Waals surface area (Å²) < 4.78 is 24.7. The van der Waals surface area contributed by atoms with E-state index < -0.39 is 5.79 Å². The van der Waals surface area contributed by atoms with Crippen LogP contribution in [-0.2, 0) is 15.3 Å². The van der Waals surface area contributed by atoms with Gasteiger partial charge in [0.2, 0.25) is 5.79 Å². The van der Waals surface area contributed by atoms with E-state index in [1.165, 1.54) is 44.2 Å². The van der Waals surface area contributed by atoms with E-state index in [1.54, 1.807) is 26.4 Å². The van der Waals surface area contributed by atoms with Crippen molar-refractivity contribution in [3.05, 3.63) is 35.6 Å². The maximum Gasteiger partial charge on any atom is 0.211 e. The van der Waals surface area contributed by atoms with Crippen LogP contribution >= 0.6 is 0 Å². The van der Waals surface area contributed by atoms with Crippen LogP contribution in [0, 0.1) is 5.82 Å². The Morgan fingerprint density at radius 1 is 1.05 bits per heavy atom. The minimum Gasteiger partial charge on any atom is -0.348 e. The van der Waals surface area contributed by atoms with Gasteiger partial charge in [-0.25, -0.2) is 4.39 Å². The molecule has 1 aromatic carbocycles. The standard InChI is InChI=1S/C17H24FNO2/c1-20-17(21-2,13-8-10-14(18)11-9-13)16-12-19(16)15-6-4-3-5-7-15/h8-11,15-16H,3-7,12H2,1-2H3. The number of hydrogen-bond acceptors (Lipinski definition) is 3. The number of rotatable bonds is 5. The van der Waals surface area contributed by atoms with Crippen LogP contribution in [-0.4, -0.2) is 37.7 Å². The van der Waals surface area contributed by atoms with E-state index in [9.17, 15) is 4.39 Å². The Labute approximate surface area is 126 Å². The Balaban J connectivity index is 1.80. The highest BCUT2D eigenvalue weighted by atomic mass is 19.1. The lowest BCUT2D eigenvalue weighted by atomic mass is 9.95. The molecule has 1 saturated carbocycles. The third-order valence-corrected chi connectivity index (χ3v) is 4.99. The van der Waals surface area contributed by atoms with Crippen LogP contribution in [0.2, 0.25) is 0 Å². The van der Waals surface area contributed by atoms with Crippen LogP contribution in [0.4, 0.5) is 4.39 Å². The highest BCUT2D eigenvalue weighted by Crippen LogP contribution is 2.43. The zero-order valence-corrected chi connectivity index (χ0v) is 12.8. The first-order chi connectivity index (χ1) is 10.2. The number of methoxy groups -OCH3 is 2. The predicted octanol–water partition coefficient (Wildman–Crippen LogP) is 3.29. The third kappa shape index (κ3) is 2.72. The van der Waals surface area contributed by atoms with Gasteiger partial charge in [0.1, 0.15) is 5.82 Å². The number of ether oxygens (including phenoxy) is 2. The first kappa shape index (κ1) is 14.9. The average molecular weight is 293 g/mol. The summed E-state index contributed by atoms with van der Waals surface area (Å²) in [4.78, 5) is 2.48. The fourth-order valence-corrected chi connectivity index (χ4v) is 3.77. The third-order valence-electron chi connectivity index (χ3n) is 4.99. The molecule has 1 heterocycles. The van der Waals surface area contributed by atoms with Gasteiger partial charge in [-0.05, 0) is 25.0 Å². The fourth-order valence-electron chi connectivity index (χ4n) is 3.77. The lowest BCUT2D eigenvalue weighted by Gasteiger charge is -2.33. The normalized spacial score (nSPS) is 26.8. The molecule has 2 aliphatic rings. The fraction of sp³-hybridized carbons (Fsp3) is 0.647. The Kier molecular flexibility index (Phi) is 4.29. The summed E-state index contributed by atoms with van der Waals surface area (Å²) >= 11 is 0. The van der Waals surface area contributed by atoms with Gasteiger partial charge in [-0.1, -0.05) is 31.4 Å². The second kappa shape index (κ2) is 6.03. The summed E-state index contributed by atoms with van der Waals surface area (Å²) in [5.74, 6) is -1.02. The minimum absolute atomic E-state index is 0.223. The van der Waals surface area contributed by atoms with Crippen LogP contribution in [0.5, 0.6) is 0 Å². The van der Waals surface area contributed by atoms with Gasteiger partial charge in [0.15, 0.2) is 0 Å². The lowest BCUT2D eigenvalue weighted by Crippen LogP contribution is -2.40. The van der Waals surface area contributed by atoms with Gasteiger partial charge in [0.25, 0.3) is 0 Å². The van der Waals surface area contributed by atoms with Gasteiger partial charge in [0, 0.05) is 32.4 Å². The van der Waals surface area contributed by atoms with Gasteiger partial charge < -0.3 is 9.47 Å². The number of hydrogen-bond donors (Lipinski definition) is 0. The van der Waals surface area contributed by atoms with Crippen molar-refractivity contribution in [2.24, 2.45) is 0 Å². The maximum absolute atomic E-state index is 13.2. The molecule has 0 amide bonds. The monoisotopic (exact) mass is 293 g/mol. The summed E-state index contributed by atoms with van der Waals surface area (Å²) in [5.41, 5.74) is 0.886. The molecule has 0 bridgehead atoms. The predicted molar refractivity (Wildman–Crippen MR) is 79.5 cm³/mol. The van der Waals surface area contributed by atoms with Crippen LogP contribution in [0.25, 0.3) is 0 Å². The second-order valence-electron chi connectivity index (χ2n) is 6.09. The van der Waals surface area contributed by atoms with Gasteiger partial charge in [-0.2, -0.15) is 0 Å². The van der Waals surface area contributed by atoms with Crippen molar-refractivity contribution >= 4 is 0 Å². The molecule has 1 saturated heterocycles. The zero-order valence-electron chi connectivity index (χ0n) is 12.8. The van der Waals surface area contributed by atoms with Crippen molar-refractivity contribution < 1.29 is 13.9 Å². The number of benzene rings is 1. The molecule has 4 heteroatoms. The average Bonchev–Trinajstić information content (AvgIpc) is 3.33. The topological polar surface area (TPSA) is 21.5 Å². The molecule has 1 aliphatic heterocycles. The molecule has 3 rings (SSSR count). The van der Waals surface area contributed by atoms with Crippen molar-refractivity contribution in [1.82, 2.24) is 4.90 Å². The summed E-state index contributed by atoms with van der Waals surface area (Å²) in [7, 11) is 3.34. The number of halogens is 1. The van der Waals surface area contributed by atoms with Crippen molar-refractivity contribution in [3.63, 3.8) is 0 Å². The molecule has 0 N–H and O–H groups in total. The van der Waals surface area contributed by atoms with Crippen LogP contribution < -0.4 is 0 Å². The largest absolute Gasteiger partial charge is 0.348 e. The summed E-state index contributed by atoms with van der Waals surface area (Å²) in [6, 6.07) is 7.33. The molecule has 1 aromatic rings. The van der Waals surface area contributed by atoms with Crippen LogP contribution in [0.15, 0.2) is 24.3 Å².